The van der Waals surface area contributed by atoms with E-state index >= 15 is 0 Å². The number of oxime groups is 1. The Morgan fingerprint density at radius 1 is 1.56 bits per heavy atom. The minimum atomic E-state index is -0.101. The van der Waals surface area contributed by atoms with E-state index in [4.69, 9.17) is 20.8 Å². The van der Waals surface area contributed by atoms with Crippen LogP contribution in [-0.4, -0.2) is 34.3 Å². The predicted molar refractivity (Wildman–Crippen MR) is 58.8 cm³/mol. The van der Waals surface area contributed by atoms with Gasteiger partial charge in [0.1, 0.15) is 12.4 Å². The number of ether oxygens (including phenoxy) is 1. The van der Waals surface area contributed by atoms with Gasteiger partial charge >= 0.3 is 0 Å². The van der Waals surface area contributed by atoms with Crippen LogP contribution in [0.1, 0.15) is 17.0 Å². The number of pyridine rings is 1. The van der Waals surface area contributed by atoms with Gasteiger partial charge in [-0.3, -0.25) is 4.98 Å². The number of nitrogens with zero attached hydrogens (tertiary/aromatic N) is 2. The average molecular weight is 225 g/mol. The fraction of sp³-hybridized carbons (Fsp3) is 0.400. The summed E-state index contributed by atoms with van der Waals surface area (Å²) in [4.78, 5) is 4.20. The molecule has 0 atom stereocenters. The van der Waals surface area contributed by atoms with Crippen molar-refractivity contribution in [1.82, 2.24) is 4.98 Å². The van der Waals surface area contributed by atoms with Crippen molar-refractivity contribution in [2.45, 2.75) is 13.8 Å². The molecular weight excluding hydrogens is 210 g/mol. The molecule has 1 rings (SSSR count). The molecule has 0 aliphatic carbocycles. The van der Waals surface area contributed by atoms with Gasteiger partial charge in [0, 0.05) is 11.8 Å². The molecule has 0 aromatic carbocycles. The van der Waals surface area contributed by atoms with Crippen LogP contribution in [0.4, 0.5) is 0 Å². The van der Waals surface area contributed by atoms with E-state index in [2.05, 4.69) is 10.1 Å². The topological polar surface area (TPSA) is 101 Å². The van der Waals surface area contributed by atoms with Crippen molar-refractivity contribution in [3.8, 4) is 5.75 Å². The number of hydrogen-bond donors (Lipinski definition) is 3. The molecule has 0 saturated carbocycles. The normalized spacial score (nSPS) is 11.6. The molecule has 0 aliphatic rings. The molecule has 0 saturated heterocycles. The molecule has 6 nitrogen and oxygen atoms in total. The van der Waals surface area contributed by atoms with Gasteiger partial charge in [0.25, 0.3) is 0 Å². The number of aryl methyl sites for hydroxylation is 2. The summed E-state index contributed by atoms with van der Waals surface area (Å²) >= 11 is 0. The van der Waals surface area contributed by atoms with Gasteiger partial charge in [-0.2, -0.15) is 0 Å². The standard InChI is InChI=1S/C10H15N3O3/c1-6-5-8(16-4-3-14)9(7(2)12-6)10(11)13-15/h5,14-15H,3-4H2,1-2H3,(H2,11,13). The van der Waals surface area contributed by atoms with E-state index in [1.807, 2.05) is 6.92 Å². The monoisotopic (exact) mass is 225 g/mol. The lowest BCUT2D eigenvalue weighted by molar-refractivity contribution is 0.201. The highest BCUT2D eigenvalue weighted by atomic mass is 16.5. The van der Waals surface area contributed by atoms with Crippen molar-refractivity contribution in [1.29, 1.82) is 0 Å². The summed E-state index contributed by atoms with van der Waals surface area (Å²) in [5, 5.41) is 20.3. The van der Waals surface area contributed by atoms with Crippen molar-refractivity contribution in [2.24, 2.45) is 10.9 Å². The molecule has 16 heavy (non-hydrogen) atoms. The van der Waals surface area contributed by atoms with Gasteiger partial charge in [0.05, 0.1) is 17.9 Å². The van der Waals surface area contributed by atoms with Crippen molar-refractivity contribution in [3.63, 3.8) is 0 Å². The molecular formula is C10H15N3O3. The second-order valence-corrected chi connectivity index (χ2v) is 3.28. The van der Waals surface area contributed by atoms with Gasteiger partial charge in [-0.25, -0.2) is 0 Å². The summed E-state index contributed by atoms with van der Waals surface area (Å²) in [7, 11) is 0. The smallest absolute Gasteiger partial charge is 0.175 e. The maximum Gasteiger partial charge on any atom is 0.175 e. The van der Waals surface area contributed by atoms with Crippen LogP contribution in [0.5, 0.6) is 5.75 Å². The van der Waals surface area contributed by atoms with E-state index in [1.165, 1.54) is 0 Å². The third-order valence-corrected chi connectivity index (χ3v) is 2.00. The van der Waals surface area contributed by atoms with Gasteiger partial charge in [-0.1, -0.05) is 5.16 Å². The van der Waals surface area contributed by atoms with Crippen LogP contribution in [0.3, 0.4) is 0 Å². The molecule has 0 amide bonds. The number of amidine groups is 1. The van der Waals surface area contributed by atoms with Gasteiger partial charge in [0.15, 0.2) is 5.84 Å². The Morgan fingerprint density at radius 3 is 2.81 bits per heavy atom. The second-order valence-electron chi connectivity index (χ2n) is 3.28. The lowest BCUT2D eigenvalue weighted by atomic mass is 10.1. The first-order valence-electron chi connectivity index (χ1n) is 4.80. The van der Waals surface area contributed by atoms with E-state index in [9.17, 15) is 0 Å². The number of hydrogen-bond acceptors (Lipinski definition) is 5. The molecule has 1 heterocycles. The highest BCUT2D eigenvalue weighted by Gasteiger charge is 2.13. The molecule has 0 radical (unpaired) electrons. The van der Waals surface area contributed by atoms with Crippen molar-refractivity contribution in [2.75, 3.05) is 13.2 Å². The third-order valence-electron chi connectivity index (χ3n) is 2.00. The summed E-state index contributed by atoms with van der Waals surface area (Å²) in [6, 6.07) is 1.68. The summed E-state index contributed by atoms with van der Waals surface area (Å²) in [5.74, 6) is 0.396. The molecule has 1 aromatic rings. The van der Waals surface area contributed by atoms with Crippen LogP contribution in [-0.2, 0) is 0 Å². The Hall–Kier alpha value is -1.82. The molecule has 4 N–H and O–H groups in total. The van der Waals surface area contributed by atoms with E-state index in [-0.39, 0.29) is 19.0 Å². The Bertz CT molecular complexity index is 405. The molecule has 0 fully saturated rings. The molecule has 0 aliphatic heterocycles. The first kappa shape index (κ1) is 12.3. The van der Waals surface area contributed by atoms with Crippen LogP contribution in [0.2, 0.25) is 0 Å². The first-order valence-corrected chi connectivity index (χ1v) is 4.80. The molecule has 1 aromatic heterocycles. The van der Waals surface area contributed by atoms with Crippen LogP contribution in [0.25, 0.3) is 0 Å². The lowest BCUT2D eigenvalue weighted by Crippen LogP contribution is -2.18. The van der Waals surface area contributed by atoms with Crippen LogP contribution in [0.15, 0.2) is 11.2 Å². The molecule has 0 bridgehead atoms. The van der Waals surface area contributed by atoms with Gasteiger partial charge < -0.3 is 20.8 Å². The first-order chi connectivity index (χ1) is 7.60. The van der Waals surface area contributed by atoms with Gasteiger partial charge in [-0.15, -0.1) is 0 Å². The van der Waals surface area contributed by atoms with Gasteiger partial charge in [-0.05, 0) is 13.8 Å². The third kappa shape index (κ3) is 2.60. The lowest BCUT2D eigenvalue weighted by Gasteiger charge is -2.12. The summed E-state index contributed by atoms with van der Waals surface area (Å²) in [6.07, 6.45) is 0. The average Bonchev–Trinajstić information content (AvgIpc) is 2.24. The van der Waals surface area contributed by atoms with E-state index in [1.54, 1.807) is 13.0 Å². The Kier molecular flexibility index (Phi) is 4.07. The van der Waals surface area contributed by atoms with Crippen molar-refractivity contribution >= 4 is 5.84 Å². The molecule has 6 heteroatoms. The fourth-order valence-corrected chi connectivity index (χ4v) is 1.42. The number of aromatic nitrogens is 1. The van der Waals surface area contributed by atoms with Gasteiger partial charge in [0.2, 0.25) is 0 Å². The molecule has 88 valence electrons. The molecule has 0 unspecified atom stereocenters. The number of aliphatic hydroxyl groups excluding tert-OH is 1. The summed E-state index contributed by atoms with van der Waals surface area (Å²) in [6.45, 7) is 3.60. The predicted octanol–water partition coefficient (Wildman–Crippen LogP) is 0.164. The van der Waals surface area contributed by atoms with Crippen LogP contribution in [0, 0.1) is 13.8 Å². The minimum Gasteiger partial charge on any atom is -0.490 e. The SMILES string of the molecule is Cc1cc(OCCO)c(/C(N)=N/O)c(C)n1. The highest BCUT2D eigenvalue weighted by Crippen LogP contribution is 2.21. The second kappa shape index (κ2) is 5.32. The maximum atomic E-state index is 8.70. The summed E-state index contributed by atoms with van der Waals surface area (Å²) in [5.41, 5.74) is 7.36. The van der Waals surface area contributed by atoms with E-state index in [0.717, 1.165) is 5.69 Å². The van der Waals surface area contributed by atoms with Crippen molar-refractivity contribution in [3.05, 3.63) is 23.0 Å². The van der Waals surface area contributed by atoms with Crippen molar-refractivity contribution < 1.29 is 15.1 Å². The number of nitrogens with two attached hydrogens (primary N) is 1. The fourth-order valence-electron chi connectivity index (χ4n) is 1.42. The quantitative estimate of drug-likeness (QED) is 0.293. The van der Waals surface area contributed by atoms with E-state index < -0.39 is 0 Å². The highest BCUT2D eigenvalue weighted by molar-refractivity contribution is 6.00. The Morgan fingerprint density at radius 2 is 2.25 bits per heavy atom. The van der Waals surface area contributed by atoms with Crippen LogP contribution >= 0.6 is 0 Å². The Balaban J connectivity index is 3.21. The minimum absolute atomic E-state index is 0.0575. The molecule has 0 spiro atoms. The number of aliphatic hydroxyl groups is 1. The Labute approximate surface area is 93.4 Å². The zero-order valence-corrected chi connectivity index (χ0v) is 9.27. The zero-order chi connectivity index (χ0) is 12.1. The largest absolute Gasteiger partial charge is 0.490 e. The zero-order valence-electron chi connectivity index (χ0n) is 9.27. The number of rotatable bonds is 4. The van der Waals surface area contributed by atoms with Crippen LogP contribution < -0.4 is 10.5 Å². The maximum absolute atomic E-state index is 8.70. The van der Waals surface area contributed by atoms with E-state index in [0.29, 0.717) is 17.0 Å². The summed E-state index contributed by atoms with van der Waals surface area (Å²) < 4.78 is 5.31.